The van der Waals surface area contributed by atoms with Gasteiger partial charge in [-0.05, 0) is 12.0 Å². The maximum absolute atomic E-state index is 12.1. The van der Waals surface area contributed by atoms with Crippen LogP contribution in [0.3, 0.4) is 0 Å². The summed E-state index contributed by atoms with van der Waals surface area (Å²) < 4.78 is 36.3. The lowest BCUT2D eigenvalue weighted by Gasteiger charge is -2.15. The van der Waals surface area contributed by atoms with E-state index < -0.39 is 12.7 Å². The zero-order valence-electron chi connectivity index (χ0n) is 9.73. The maximum Gasteiger partial charge on any atom is 0.405 e. The summed E-state index contributed by atoms with van der Waals surface area (Å²) in [5, 5.41) is 10.2. The summed E-state index contributed by atoms with van der Waals surface area (Å²) in [7, 11) is 0. The molecule has 0 saturated heterocycles. The Bertz CT molecular complexity index is 397. The molecule has 2 nitrogen and oxygen atoms in total. The number of para-hydroxylation sites is 1. The zero-order chi connectivity index (χ0) is 13.1. The van der Waals surface area contributed by atoms with Crippen molar-refractivity contribution in [3.63, 3.8) is 0 Å². The lowest BCUT2D eigenvalue weighted by molar-refractivity contribution is -0.115. The predicted molar refractivity (Wildman–Crippen MR) is 62.7 cm³/mol. The van der Waals surface area contributed by atoms with E-state index in [0.29, 0.717) is 17.0 Å². The summed E-state index contributed by atoms with van der Waals surface area (Å²) in [6.45, 7) is 2.58. The van der Waals surface area contributed by atoms with Crippen molar-refractivity contribution in [2.24, 2.45) is 5.92 Å². The summed E-state index contributed by atoms with van der Waals surface area (Å²) in [6.07, 6.45) is -4.26. The van der Waals surface area contributed by atoms with Crippen molar-refractivity contribution >= 4 is 11.4 Å². The van der Waals surface area contributed by atoms with Crippen LogP contribution in [0.5, 0.6) is 0 Å². The van der Waals surface area contributed by atoms with Crippen molar-refractivity contribution in [1.29, 1.82) is 5.41 Å². The van der Waals surface area contributed by atoms with Gasteiger partial charge < -0.3 is 10.7 Å². The van der Waals surface area contributed by atoms with Crippen LogP contribution in [0.4, 0.5) is 18.9 Å². The van der Waals surface area contributed by atoms with Crippen molar-refractivity contribution < 1.29 is 13.2 Å². The molecule has 5 heteroatoms. The minimum absolute atomic E-state index is 0.0242. The molecule has 0 radical (unpaired) electrons. The second-order valence-electron chi connectivity index (χ2n) is 4.08. The number of benzene rings is 1. The molecule has 1 rings (SSSR count). The Balaban J connectivity index is 2.89. The number of rotatable bonds is 4. The van der Waals surface area contributed by atoms with E-state index in [1.165, 1.54) is 0 Å². The normalized spacial score (nSPS) is 11.6. The van der Waals surface area contributed by atoms with Gasteiger partial charge in [-0.25, -0.2) is 0 Å². The zero-order valence-corrected chi connectivity index (χ0v) is 9.73. The molecule has 0 saturated carbocycles. The summed E-state index contributed by atoms with van der Waals surface area (Å²) >= 11 is 0. The lowest BCUT2D eigenvalue weighted by atomic mass is 9.98. The van der Waals surface area contributed by atoms with Crippen LogP contribution in [-0.4, -0.2) is 18.4 Å². The van der Waals surface area contributed by atoms with Gasteiger partial charge in [0.05, 0.1) is 0 Å². The third-order valence-electron chi connectivity index (χ3n) is 2.27. The van der Waals surface area contributed by atoms with Crippen molar-refractivity contribution in [2.45, 2.75) is 20.0 Å². The molecule has 0 fully saturated rings. The molecule has 0 spiro atoms. The van der Waals surface area contributed by atoms with Crippen LogP contribution in [0.25, 0.3) is 0 Å². The van der Waals surface area contributed by atoms with Gasteiger partial charge in [-0.2, -0.15) is 13.2 Å². The number of nitrogens with one attached hydrogen (secondary N) is 2. The molecule has 94 valence electrons. The summed E-state index contributed by atoms with van der Waals surface area (Å²) in [6, 6.07) is 6.57. The Morgan fingerprint density at radius 1 is 1.29 bits per heavy atom. The molecule has 1 aromatic rings. The fraction of sp³-hybridized carbons (Fsp3) is 0.417. The van der Waals surface area contributed by atoms with Gasteiger partial charge in [-0.1, -0.05) is 32.0 Å². The average Bonchev–Trinajstić information content (AvgIpc) is 2.24. The molecule has 0 heterocycles. The highest BCUT2D eigenvalue weighted by Gasteiger charge is 2.27. The Labute approximate surface area is 98.4 Å². The summed E-state index contributed by atoms with van der Waals surface area (Å²) in [5.41, 5.74) is 1.20. The third kappa shape index (κ3) is 4.09. The van der Waals surface area contributed by atoms with E-state index in [-0.39, 0.29) is 5.92 Å². The van der Waals surface area contributed by atoms with E-state index in [9.17, 15) is 13.2 Å². The maximum atomic E-state index is 12.1. The minimum Gasteiger partial charge on any atom is -0.376 e. The van der Waals surface area contributed by atoms with Crippen LogP contribution < -0.4 is 5.32 Å². The van der Waals surface area contributed by atoms with Gasteiger partial charge in [0, 0.05) is 17.0 Å². The Morgan fingerprint density at radius 2 is 1.88 bits per heavy atom. The standard InChI is InChI=1S/C12H15F3N2/c1-8(2)11(16)9-5-3-4-6-10(9)17-7-12(13,14)15/h3-6,8,16-17H,7H2,1-2H3. The number of hydrogen-bond donors (Lipinski definition) is 2. The van der Waals surface area contributed by atoms with Crippen molar-refractivity contribution in [3.8, 4) is 0 Å². The Kier molecular flexibility index (Phi) is 4.15. The van der Waals surface area contributed by atoms with E-state index in [1.807, 2.05) is 13.8 Å². The molecular formula is C12H15F3N2. The average molecular weight is 244 g/mol. The highest BCUT2D eigenvalue weighted by Crippen LogP contribution is 2.21. The van der Waals surface area contributed by atoms with Crippen molar-refractivity contribution in [1.82, 2.24) is 0 Å². The lowest BCUT2D eigenvalue weighted by Crippen LogP contribution is -2.22. The van der Waals surface area contributed by atoms with Crippen LogP contribution in [0.2, 0.25) is 0 Å². The quantitative estimate of drug-likeness (QED) is 0.778. The molecule has 17 heavy (non-hydrogen) atoms. The second-order valence-corrected chi connectivity index (χ2v) is 4.08. The van der Waals surface area contributed by atoms with Crippen LogP contribution >= 0.6 is 0 Å². The van der Waals surface area contributed by atoms with Gasteiger partial charge in [0.1, 0.15) is 6.54 Å². The molecule has 2 N–H and O–H groups in total. The van der Waals surface area contributed by atoms with Gasteiger partial charge in [0.2, 0.25) is 0 Å². The fourth-order valence-electron chi connectivity index (χ4n) is 1.38. The van der Waals surface area contributed by atoms with Crippen LogP contribution in [0.1, 0.15) is 19.4 Å². The number of hydrogen-bond acceptors (Lipinski definition) is 2. The summed E-state index contributed by atoms with van der Waals surface area (Å²) in [5.74, 6) is -0.0242. The van der Waals surface area contributed by atoms with Crippen LogP contribution in [-0.2, 0) is 0 Å². The van der Waals surface area contributed by atoms with Gasteiger partial charge in [0.25, 0.3) is 0 Å². The highest BCUT2D eigenvalue weighted by molar-refractivity contribution is 6.04. The molecular weight excluding hydrogens is 229 g/mol. The van der Waals surface area contributed by atoms with Gasteiger partial charge in [-0.3, -0.25) is 0 Å². The monoisotopic (exact) mass is 244 g/mol. The molecule has 0 aromatic heterocycles. The predicted octanol–water partition coefficient (Wildman–Crippen LogP) is 3.68. The van der Waals surface area contributed by atoms with E-state index in [2.05, 4.69) is 5.32 Å². The van der Waals surface area contributed by atoms with Gasteiger partial charge in [-0.15, -0.1) is 0 Å². The molecule has 0 unspecified atom stereocenters. The first-order valence-electron chi connectivity index (χ1n) is 5.29. The highest BCUT2D eigenvalue weighted by atomic mass is 19.4. The van der Waals surface area contributed by atoms with Crippen molar-refractivity contribution in [2.75, 3.05) is 11.9 Å². The van der Waals surface area contributed by atoms with E-state index in [4.69, 9.17) is 5.41 Å². The first kappa shape index (κ1) is 13.5. The van der Waals surface area contributed by atoms with E-state index in [0.717, 1.165) is 0 Å². The smallest absolute Gasteiger partial charge is 0.376 e. The molecule has 0 atom stereocenters. The summed E-state index contributed by atoms with van der Waals surface area (Å²) in [4.78, 5) is 0. The first-order valence-corrected chi connectivity index (χ1v) is 5.29. The molecule has 0 amide bonds. The number of anilines is 1. The number of alkyl halides is 3. The van der Waals surface area contributed by atoms with Crippen LogP contribution in [0, 0.1) is 11.3 Å². The molecule has 0 aliphatic rings. The van der Waals surface area contributed by atoms with Crippen molar-refractivity contribution in [3.05, 3.63) is 29.8 Å². The number of halogens is 3. The molecule has 1 aromatic carbocycles. The first-order chi connectivity index (χ1) is 7.81. The van der Waals surface area contributed by atoms with Gasteiger partial charge in [0.15, 0.2) is 0 Å². The fourth-order valence-corrected chi connectivity index (χ4v) is 1.38. The third-order valence-corrected chi connectivity index (χ3v) is 2.27. The Morgan fingerprint density at radius 3 is 2.41 bits per heavy atom. The second kappa shape index (κ2) is 5.21. The Hall–Kier alpha value is -1.52. The van der Waals surface area contributed by atoms with Crippen LogP contribution in [0.15, 0.2) is 24.3 Å². The van der Waals surface area contributed by atoms with Gasteiger partial charge >= 0.3 is 6.18 Å². The molecule has 0 bridgehead atoms. The molecule has 0 aliphatic carbocycles. The SMILES string of the molecule is CC(C)C(=N)c1ccccc1NCC(F)(F)F. The van der Waals surface area contributed by atoms with E-state index >= 15 is 0 Å². The van der Waals surface area contributed by atoms with E-state index in [1.54, 1.807) is 24.3 Å². The molecule has 0 aliphatic heterocycles. The minimum atomic E-state index is -4.26. The largest absolute Gasteiger partial charge is 0.405 e. The topological polar surface area (TPSA) is 35.9 Å².